The highest BCUT2D eigenvalue weighted by atomic mass is 16.2. The van der Waals surface area contributed by atoms with Crippen LogP contribution < -0.4 is 5.43 Å². The lowest BCUT2D eigenvalue weighted by Crippen LogP contribution is -2.49. The zero-order valence-electron chi connectivity index (χ0n) is 9.99. The average Bonchev–Trinajstić information content (AvgIpc) is 2.78. The van der Waals surface area contributed by atoms with Crippen LogP contribution in [0.2, 0.25) is 0 Å². The Morgan fingerprint density at radius 1 is 1.33 bits per heavy atom. The molecule has 0 spiro atoms. The molecule has 0 aromatic heterocycles. The van der Waals surface area contributed by atoms with Crippen molar-refractivity contribution in [2.45, 2.75) is 45.6 Å². The van der Waals surface area contributed by atoms with E-state index in [9.17, 15) is 4.79 Å². The number of fused-ring (bicyclic) bond motifs is 2. The van der Waals surface area contributed by atoms with Crippen LogP contribution >= 0.6 is 0 Å². The second kappa shape index (κ2) is 4.12. The lowest BCUT2D eigenvalue weighted by atomic mass is 9.95. The van der Waals surface area contributed by atoms with E-state index in [4.69, 9.17) is 0 Å². The zero-order chi connectivity index (χ0) is 11.0. The van der Waals surface area contributed by atoms with Gasteiger partial charge in [-0.2, -0.15) is 0 Å². The van der Waals surface area contributed by atoms with E-state index in [0.717, 1.165) is 11.8 Å². The summed E-state index contributed by atoms with van der Waals surface area (Å²) in [5.74, 6) is 1.97. The molecule has 3 atom stereocenters. The van der Waals surface area contributed by atoms with Gasteiger partial charge in [-0.3, -0.25) is 10.2 Å². The third kappa shape index (κ3) is 2.17. The maximum Gasteiger partial charge on any atom is 0.236 e. The molecule has 0 aliphatic heterocycles. The molecule has 2 fully saturated rings. The molecular weight excluding hydrogens is 188 g/mol. The van der Waals surface area contributed by atoms with Gasteiger partial charge in [-0.05, 0) is 31.1 Å². The van der Waals surface area contributed by atoms with Crippen LogP contribution in [0.4, 0.5) is 0 Å². The van der Waals surface area contributed by atoms with Crippen LogP contribution in [-0.2, 0) is 4.79 Å². The lowest BCUT2D eigenvalue weighted by Gasteiger charge is -2.32. The first-order valence-corrected chi connectivity index (χ1v) is 6.11. The van der Waals surface area contributed by atoms with Crippen molar-refractivity contribution < 1.29 is 4.79 Å². The van der Waals surface area contributed by atoms with E-state index in [1.54, 1.807) is 0 Å². The van der Waals surface area contributed by atoms with Gasteiger partial charge in [-0.25, -0.2) is 5.01 Å². The van der Waals surface area contributed by atoms with Crippen LogP contribution in [0.15, 0.2) is 0 Å². The maximum atomic E-state index is 11.6. The van der Waals surface area contributed by atoms with Gasteiger partial charge in [-0.1, -0.05) is 20.3 Å². The van der Waals surface area contributed by atoms with E-state index in [1.807, 2.05) is 20.9 Å². The lowest BCUT2D eigenvalue weighted by molar-refractivity contribution is -0.129. The van der Waals surface area contributed by atoms with Crippen LogP contribution in [-0.4, -0.2) is 24.0 Å². The zero-order valence-corrected chi connectivity index (χ0v) is 9.99. The van der Waals surface area contributed by atoms with Crippen LogP contribution in [0.25, 0.3) is 0 Å². The number of hydrogen-bond acceptors (Lipinski definition) is 2. The smallest absolute Gasteiger partial charge is 0.236 e. The monoisotopic (exact) mass is 210 g/mol. The predicted molar refractivity (Wildman–Crippen MR) is 60.0 cm³/mol. The topological polar surface area (TPSA) is 32.3 Å². The van der Waals surface area contributed by atoms with Crippen molar-refractivity contribution in [2.75, 3.05) is 7.05 Å². The van der Waals surface area contributed by atoms with Crippen LogP contribution in [0.3, 0.4) is 0 Å². The van der Waals surface area contributed by atoms with E-state index < -0.39 is 0 Å². The fourth-order valence-electron chi connectivity index (χ4n) is 3.07. The molecule has 2 aliphatic rings. The van der Waals surface area contributed by atoms with Gasteiger partial charge in [0.1, 0.15) is 0 Å². The van der Waals surface area contributed by atoms with Gasteiger partial charge in [-0.15, -0.1) is 0 Å². The largest absolute Gasteiger partial charge is 0.289 e. The highest BCUT2D eigenvalue weighted by Crippen LogP contribution is 2.45. The predicted octanol–water partition coefficient (Wildman–Crippen LogP) is 1.79. The fourth-order valence-corrected chi connectivity index (χ4v) is 3.07. The van der Waals surface area contributed by atoms with E-state index in [0.29, 0.717) is 6.04 Å². The van der Waals surface area contributed by atoms with Crippen molar-refractivity contribution in [3.8, 4) is 0 Å². The first-order valence-electron chi connectivity index (χ1n) is 6.11. The van der Waals surface area contributed by atoms with Gasteiger partial charge >= 0.3 is 0 Å². The van der Waals surface area contributed by atoms with Crippen molar-refractivity contribution in [2.24, 2.45) is 17.8 Å². The minimum atomic E-state index is 0.0750. The van der Waals surface area contributed by atoms with Crippen LogP contribution in [0.5, 0.6) is 0 Å². The first-order chi connectivity index (χ1) is 7.08. The summed E-state index contributed by atoms with van der Waals surface area (Å²) in [6.07, 6.45) is 5.43. The minimum Gasteiger partial charge on any atom is -0.289 e. The molecule has 2 saturated carbocycles. The Hall–Kier alpha value is -0.570. The molecule has 0 radical (unpaired) electrons. The average molecular weight is 210 g/mol. The molecule has 86 valence electrons. The Labute approximate surface area is 92.2 Å². The SMILES string of the molecule is CC(C)C(=O)NN(C)C1CC2CCC1C2. The standard InChI is InChI=1S/C12H22N2O/c1-8(2)12(15)13-14(3)11-7-9-4-5-10(11)6-9/h8-11H,4-7H2,1-3H3,(H,13,15). The number of carbonyl (C=O) groups is 1. The number of nitrogens with one attached hydrogen (secondary N) is 1. The molecule has 0 saturated heterocycles. The summed E-state index contributed by atoms with van der Waals surface area (Å²) >= 11 is 0. The molecule has 15 heavy (non-hydrogen) atoms. The Morgan fingerprint density at radius 2 is 2.07 bits per heavy atom. The van der Waals surface area contributed by atoms with Crippen molar-refractivity contribution in [3.63, 3.8) is 0 Å². The molecule has 3 nitrogen and oxygen atoms in total. The molecule has 0 heterocycles. The summed E-state index contributed by atoms with van der Waals surface area (Å²) in [5, 5.41) is 2.06. The summed E-state index contributed by atoms with van der Waals surface area (Å²) in [5.41, 5.74) is 3.00. The number of nitrogens with zero attached hydrogens (tertiary/aromatic N) is 1. The molecule has 3 heteroatoms. The Bertz CT molecular complexity index is 252. The summed E-state index contributed by atoms with van der Waals surface area (Å²) in [7, 11) is 2.02. The molecule has 0 aromatic carbocycles. The minimum absolute atomic E-state index is 0.0750. The van der Waals surface area contributed by atoms with Crippen LogP contribution in [0.1, 0.15) is 39.5 Å². The summed E-state index contributed by atoms with van der Waals surface area (Å²) in [6.45, 7) is 3.87. The van der Waals surface area contributed by atoms with Crippen molar-refractivity contribution in [1.82, 2.24) is 10.4 Å². The number of hydrogen-bond donors (Lipinski definition) is 1. The Morgan fingerprint density at radius 3 is 2.53 bits per heavy atom. The van der Waals surface area contributed by atoms with Crippen molar-refractivity contribution >= 4 is 5.91 Å². The van der Waals surface area contributed by atoms with Crippen molar-refractivity contribution in [3.05, 3.63) is 0 Å². The van der Waals surface area contributed by atoms with E-state index in [1.165, 1.54) is 25.7 Å². The van der Waals surface area contributed by atoms with E-state index >= 15 is 0 Å². The number of amides is 1. The second-order valence-corrected chi connectivity index (χ2v) is 5.48. The molecule has 2 aliphatic carbocycles. The summed E-state index contributed by atoms with van der Waals surface area (Å²) in [6, 6.07) is 0.589. The Balaban J connectivity index is 1.86. The molecule has 1 N–H and O–H groups in total. The van der Waals surface area contributed by atoms with E-state index in [-0.39, 0.29) is 11.8 Å². The van der Waals surface area contributed by atoms with Gasteiger partial charge in [0.2, 0.25) is 5.91 Å². The molecular formula is C12H22N2O. The van der Waals surface area contributed by atoms with Gasteiger partial charge in [0.25, 0.3) is 0 Å². The third-order valence-corrected chi connectivity index (χ3v) is 4.01. The maximum absolute atomic E-state index is 11.6. The van der Waals surface area contributed by atoms with Gasteiger partial charge in [0, 0.05) is 19.0 Å². The fraction of sp³-hybridized carbons (Fsp3) is 0.917. The molecule has 0 aromatic rings. The first kappa shape index (κ1) is 10.9. The molecule has 2 rings (SSSR count). The number of hydrazine groups is 1. The number of rotatable bonds is 3. The second-order valence-electron chi connectivity index (χ2n) is 5.48. The Kier molecular flexibility index (Phi) is 3.01. The summed E-state index contributed by atoms with van der Waals surface area (Å²) in [4.78, 5) is 11.6. The highest BCUT2D eigenvalue weighted by molar-refractivity contribution is 5.77. The number of carbonyl (C=O) groups excluding carboxylic acids is 1. The normalized spacial score (nSPS) is 34.1. The summed E-state index contributed by atoms with van der Waals surface area (Å²) < 4.78 is 0. The van der Waals surface area contributed by atoms with E-state index in [2.05, 4.69) is 10.4 Å². The molecule has 3 unspecified atom stereocenters. The third-order valence-electron chi connectivity index (χ3n) is 4.01. The van der Waals surface area contributed by atoms with Crippen LogP contribution in [0, 0.1) is 17.8 Å². The quantitative estimate of drug-likeness (QED) is 0.720. The highest BCUT2D eigenvalue weighted by Gasteiger charge is 2.41. The molecule has 2 bridgehead atoms. The molecule has 1 amide bonds. The van der Waals surface area contributed by atoms with Crippen molar-refractivity contribution in [1.29, 1.82) is 0 Å². The van der Waals surface area contributed by atoms with Gasteiger partial charge < -0.3 is 0 Å². The van der Waals surface area contributed by atoms with Gasteiger partial charge in [0.05, 0.1) is 0 Å². The van der Waals surface area contributed by atoms with Gasteiger partial charge in [0.15, 0.2) is 0 Å².